The van der Waals surface area contributed by atoms with Crippen LogP contribution < -0.4 is 4.74 Å². The number of rotatable bonds is 6. The topological polar surface area (TPSA) is 55.8 Å². The van der Waals surface area contributed by atoms with Crippen LogP contribution in [0.25, 0.3) is 11.1 Å². The van der Waals surface area contributed by atoms with Gasteiger partial charge in [-0.1, -0.05) is 17.7 Å². The van der Waals surface area contributed by atoms with Crippen LogP contribution >= 0.6 is 0 Å². The molecule has 3 aromatic carbocycles. The zero-order chi connectivity index (χ0) is 30.4. The number of Topliss-reactive ketones (excluding diaryl/α,β-unsaturated/α-hetero) is 1. The Morgan fingerprint density at radius 1 is 0.951 bits per heavy atom. The summed E-state index contributed by atoms with van der Waals surface area (Å²) in [7, 11) is 1.22. The number of nitrogens with zero attached hydrogens (tertiary/aromatic N) is 1. The van der Waals surface area contributed by atoms with Crippen LogP contribution in [0.15, 0.2) is 48.5 Å². The van der Waals surface area contributed by atoms with Gasteiger partial charge in [-0.05, 0) is 67.8 Å². The summed E-state index contributed by atoms with van der Waals surface area (Å²) in [6.07, 6.45) is -11.5. The monoisotopic (exact) mass is 583 g/mol. The number of methoxy groups -OCH3 is 1. The Labute approximate surface area is 230 Å². The van der Waals surface area contributed by atoms with E-state index in [-0.39, 0.29) is 39.1 Å². The Morgan fingerprint density at radius 2 is 1.61 bits per heavy atom. The molecule has 0 N–H and O–H groups in total. The SMILES string of the molecule is COc1cc(F)c(C(C)=O)cc1-c1ccc(C(F)(F)F)cc1CN1C(=O)O[C@H](c2cc(C)cc(C(F)(F)F)c2)[C@@H]1C. The van der Waals surface area contributed by atoms with Crippen LogP contribution in [-0.2, 0) is 23.6 Å². The number of alkyl halides is 6. The minimum absolute atomic E-state index is 0.0380. The van der Waals surface area contributed by atoms with Crippen LogP contribution in [0.5, 0.6) is 5.75 Å². The molecule has 0 bridgehead atoms. The van der Waals surface area contributed by atoms with Gasteiger partial charge in [0.1, 0.15) is 17.7 Å². The molecule has 1 saturated heterocycles. The number of halogens is 7. The van der Waals surface area contributed by atoms with E-state index in [4.69, 9.17) is 9.47 Å². The standard InChI is InChI=1S/C29H24F7NO4/c1-14-7-17(9-20(8-14)29(34,35)36)26-15(2)37(27(39)41-26)13-18-10-19(28(31,32)33)5-6-21(18)23-11-22(16(3)38)24(30)12-25(23)40-4/h5-12,15,26H,13H2,1-4H3/t15-,26-/m0/s1. The van der Waals surface area contributed by atoms with Gasteiger partial charge >= 0.3 is 18.4 Å². The number of benzene rings is 3. The Hall–Kier alpha value is -4.09. The predicted octanol–water partition coefficient (Wildman–Crippen LogP) is 8.13. The Balaban J connectivity index is 1.80. The summed E-state index contributed by atoms with van der Waals surface area (Å²) in [5, 5.41) is 0. The van der Waals surface area contributed by atoms with E-state index in [0.717, 1.165) is 54.3 Å². The normalized spacial score (nSPS) is 17.5. The zero-order valence-electron chi connectivity index (χ0n) is 22.2. The third-order valence-electron chi connectivity index (χ3n) is 6.88. The molecule has 12 heteroatoms. The highest BCUT2D eigenvalue weighted by Crippen LogP contribution is 2.41. The van der Waals surface area contributed by atoms with Crippen molar-refractivity contribution < 1.29 is 49.8 Å². The van der Waals surface area contributed by atoms with Gasteiger partial charge in [0.15, 0.2) is 5.78 Å². The van der Waals surface area contributed by atoms with Gasteiger partial charge in [-0.15, -0.1) is 0 Å². The van der Waals surface area contributed by atoms with E-state index in [2.05, 4.69) is 0 Å². The third-order valence-corrected chi connectivity index (χ3v) is 6.88. The van der Waals surface area contributed by atoms with E-state index < -0.39 is 59.9 Å². The van der Waals surface area contributed by atoms with Crippen molar-refractivity contribution in [2.45, 2.75) is 51.8 Å². The van der Waals surface area contributed by atoms with Gasteiger partial charge in [0.2, 0.25) is 0 Å². The van der Waals surface area contributed by atoms with Crippen molar-refractivity contribution in [2.75, 3.05) is 7.11 Å². The van der Waals surface area contributed by atoms with Crippen LogP contribution in [0.3, 0.4) is 0 Å². The molecule has 0 spiro atoms. The zero-order valence-corrected chi connectivity index (χ0v) is 22.2. The first kappa shape index (κ1) is 29.9. The molecular weight excluding hydrogens is 559 g/mol. The number of aryl methyl sites for hydroxylation is 1. The van der Waals surface area contributed by atoms with Crippen molar-refractivity contribution in [3.63, 3.8) is 0 Å². The first-order valence-corrected chi connectivity index (χ1v) is 12.3. The van der Waals surface area contributed by atoms with Gasteiger partial charge in [-0.25, -0.2) is 9.18 Å². The first-order valence-electron chi connectivity index (χ1n) is 12.3. The molecule has 0 aliphatic carbocycles. The van der Waals surface area contributed by atoms with Crippen LogP contribution in [0.2, 0.25) is 0 Å². The van der Waals surface area contributed by atoms with Crippen molar-refractivity contribution in [1.29, 1.82) is 0 Å². The van der Waals surface area contributed by atoms with Crippen molar-refractivity contribution in [3.05, 3.63) is 87.7 Å². The fourth-order valence-corrected chi connectivity index (χ4v) is 4.85. The highest BCUT2D eigenvalue weighted by atomic mass is 19.4. The summed E-state index contributed by atoms with van der Waals surface area (Å²) in [4.78, 5) is 26.0. The van der Waals surface area contributed by atoms with Crippen molar-refractivity contribution in [3.8, 4) is 16.9 Å². The number of ether oxygens (including phenoxy) is 2. The summed E-state index contributed by atoms with van der Waals surface area (Å²) >= 11 is 0. The van der Waals surface area contributed by atoms with Crippen LogP contribution in [0, 0.1) is 12.7 Å². The van der Waals surface area contributed by atoms with Crippen molar-refractivity contribution in [2.24, 2.45) is 0 Å². The second-order valence-electron chi connectivity index (χ2n) is 9.76. The van der Waals surface area contributed by atoms with Crippen molar-refractivity contribution >= 4 is 11.9 Å². The molecular formula is C29H24F7NO4. The molecule has 5 nitrogen and oxygen atoms in total. The number of carbonyl (C=O) groups is 2. The summed E-state index contributed by atoms with van der Waals surface area (Å²) in [5.74, 6) is -1.58. The lowest BCUT2D eigenvalue weighted by Gasteiger charge is -2.24. The summed E-state index contributed by atoms with van der Waals surface area (Å²) < 4.78 is 106. The largest absolute Gasteiger partial charge is 0.496 e. The molecule has 1 aliphatic heterocycles. The molecule has 218 valence electrons. The molecule has 0 aromatic heterocycles. The maximum Gasteiger partial charge on any atom is 0.416 e. The molecule has 3 aromatic rings. The number of amides is 1. The lowest BCUT2D eigenvalue weighted by atomic mass is 9.93. The summed E-state index contributed by atoms with van der Waals surface area (Å²) in [6, 6.07) is 7.20. The van der Waals surface area contributed by atoms with Crippen LogP contribution in [-0.4, -0.2) is 29.9 Å². The van der Waals surface area contributed by atoms with Crippen molar-refractivity contribution in [1.82, 2.24) is 4.90 Å². The predicted molar refractivity (Wildman–Crippen MR) is 134 cm³/mol. The summed E-state index contributed by atoms with van der Waals surface area (Å²) in [6.45, 7) is 3.65. The highest BCUT2D eigenvalue weighted by Gasteiger charge is 2.42. The highest BCUT2D eigenvalue weighted by molar-refractivity contribution is 5.96. The van der Waals surface area contributed by atoms with Crippen LogP contribution in [0.1, 0.15) is 58.1 Å². The Bertz CT molecular complexity index is 1510. The van der Waals surface area contributed by atoms with E-state index in [1.54, 1.807) is 0 Å². The van der Waals surface area contributed by atoms with Gasteiger partial charge in [-0.2, -0.15) is 26.3 Å². The maximum atomic E-state index is 14.5. The van der Waals surface area contributed by atoms with Gasteiger partial charge < -0.3 is 9.47 Å². The van der Waals surface area contributed by atoms with E-state index in [1.807, 2.05) is 0 Å². The fraction of sp³-hybridized carbons (Fsp3) is 0.310. The average Bonchev–Trinajstić information content (AvgIpc) is 3.15. The molecule has 0 unspecified atom stereocenters. The minimum Gasteiger partial charge on any atom is -0.496 e. The second-order valence-corrected chi connectivity index (χ2v) is 9.76. The lowest BCUT2D eigenvalue weighted by Crippen LogP contribution is -2.31. The second kappa shape index (κ2) is 10.7. The van der Waals surface area contributed by atoms with E-state index >= 15 is 0 Å². The maximum absolute atomic E-state index is 14.5. The molecule has 4 rings (SSSR count). The van der Waals surface area contributed by atoms with E-state index in [1.165, 1.54) is 27.0 Å². The number of ketones is 1. The summed E-state index contributed by atoms with van der Waals surface area (Å²) in [5.41, 5.74) is -1.74. The first-order chi connectivity index (χ1) is 19.0. The fourth-order valence-electron chi connectivity index (χ4n) is 4.85. The molecule has 1 aliphatic rings. The molecule has 41 heavy (non-hydrogen) atoms. The molecule has 0 saturated carbocycles. The minimum atomic E-state index is -4.75. The lowest BCUT2D eigenvalue weighted by molar-refractivity contribution is -0.138. The smallest absolute Gasteiger partial charge is 0.416 e. The van der Waals surface area contributed by atoms with Gasteiger partial charge in [0, 0.05) is 11.6 Å². The molecule has 1 heterocycles. The number of carbonyl (C=O) groups excluding carboxylic acids is 2. The van der Waals surface area contributed by atoms with Gasteiger partial charge in [0.05, 0.1) is 36.4 Å². The number of hydrogen-bond donors (Lipinski definition) is 0. The molecule has 1 amide bonds. The van der Waals surface area contributed by atoms with Gasteiger partial charge in [0.25, 0.3) is 0 Å². The number of cyclic esters (lactones) is 1. The number of hydrogen-bond acceptors (Lipinski definition) is 4. The molecule has 2 atom stereocenters. The van der Waals surface area contributed by atoms with E-state index in [9.17, 15) is 40.3 Å². The van der Waals surface area contributed by atoms with Crippen LogP contribution in [0.4, 0.5) is 35.5 Å². The average molecular weight is 584 g/mol. The molecule has 1 fully saturated rings. The van der Waals surface area contributed by atoms with Gasteiger partial charge in [-0.3, -0.25) is 9.69 Å². The Morgan fingerprint density at radius 3 is 2.20 bits per heavy atom. The Kier molecular flexibility index (Phi) is 7.81. The third kappa shape index (κ3) is 6.01. The molecule has 0 radical (unpaired) electrons. The van der Waals surface area contributed by atoms with E-state index in [0.29, 0.717) is 0 Å². The quantitative estimate of drug-likeness (QED) is 0.217.